The number of methoxy groups -OCH3 is 1. The summed E-state index contributed by atoms with van der Waals surface area (Å²) >= 11 is 6.25. The van der Waals surface area contributed by atoms with E-state index < -0.39 is 23.6 Å². The number of benzene rings is 3. The van der Waals surface area contributed by atoms with Crippen LogP contribution in [0.2, 0.25) is 5.02 Å². The number of esters is 1. The van der Waals surface area contributed by atoms with Gasteiger partial charge >= 0.3 is 12.1 Å². The fraction of sp³-hybridized carbons (Fsp3) is 0.115. The molecular formula is C26H18ClF3N2O4. The standard InChI is InChI=1S/C26H18ClF3N2O4/c1-35-23(33)15-36-19-10-7-16(8-11-19)13-21-25(34)32(24(31-21)17-5-3-2-4-6-17)22-14-18(26(28,29)30)9-12-20(22)27/h2-14H,15H2,1H3/b21-13-. The maximum absolute atomic E-state index is 13.4. The van der Waals surface area contributed by atoms with Crippen molar-refractivity contribution in [3.05, 3.63) is 100 Å². The van der Waals surface area contributed by atoms with E-state index >= 15 is 0 Å². The number of amidine groups is 1. The van der Waals surface area contributed by atoms with Crippen LogP contribution in [0.3, 0.4) is 0 Å². The lowest BCUT2D eigenvalue weighted by Crippen LogP contribution is -2.33. The van der Waals surface area contributed by atoms with Gasteiger partial charge in [-0.05, 0) is 42.0 Å². The second-order valence-corrected chi connectivity index (χ2v) is 7.98. The lowest BCUT2D eigenvalue weighted by atomic mass is 10.1. The Morgan fingerprint density at radius 2 is 1.75 bits per heavy atom. The van der Waals surface area contributed by atoms with Crippen LogP contribution in [0.4, 0.5) is 18.9 Å². The Morgan fingerprint density at radius 1 is 1.06 bits per heavy atom. The molecule has 1 aliphatic heterocycles. The van der Waals surface area contributed by atoms with Crippen molar-refractivity contribution < 1.29 is 32.2 Å². The van der Waals surface area contributed by atoms with Gasteiger partial charge < -0.3 is 9.47 Å². The fourth-order valence-electron chi connectivity index (χ4n) is 3.40. The number of carbonyl (C=O) groups is 2. The molecule has 3 aromatic carbocycles. The Balaban J connectivity index is 1.72. The van der Waals surface area contributed by atoms with Gasteiger partial charge in [-0.3, -0.25) is 9.69 Å². The van der Waals surface area contributed by atoms with E-state index in [4.69, 9.17) is 16.3 Å². The molecule has 1 aliphatic rings. The van der Waals surface area contributed by atoms with Crippen molar-refractivity contribution >= 4 is 41.1 Å². The van der Waals surface area contributed by atoms with Crippen molar-refractivity contribution in [1.29, 1.82) is 0 Å². The second-order valence-electron chi connectivity index (χ2n) is 7.57. The van der Waals surface area contributed by atoms with E-state index in [2.05, 4.69) is 9.73 Å². The first-order valence-corrected chi connectivity index (χ1v) is 10.9. The molecule has 10 heteroatoms. The number of carbonyl (C=O) groups excluding carboxylic acids is 2. The Kier molecular flexibility index (Phi) is 7.12. The normalized spacial score (nSPS) is 14.7. The molecule has 0 atom stereocenters. The van der Waals surface area contributed by atoms with Gasteiger partial charge in [-0.25, -0.2) is 9.79 Å². The summed E-state index contributed by atoms with van der Waals surface area (Å²) in [6, 6.07) is 17.9. The monoisotopic (exact) mass is 514 g/mol. The molecular weight excluding hydrogens is 497 g/mol. The summed E-state index contributed by atoms with van der Waals surface area (Å²) in [5.74, 6) is -0.618. The van der Waals surface area contributed by atoms with Crippen LogP contribution in [-0.4, -0.2) is 31.4 Å². The summed E-state index contributed by atoms with van der Waals surface area (Å²) < 4.78 is 50.0. The number of hydrogen-bond acceptors (Lipinski definition) is 5. The molecule has 36 heavy (non-hydrogen) atoms. The van der Waals surface area contributed by atoms with Gasteiger partial charge in [-0.1, -0.05) is 54.1 Å². The Hall–Kier alpha value is -4.11. The van der Waals surface area contributed by atoms with E-state index in [1.807, 2.05) is 0 Å². The molecule has 3 aromatic rings. The molecule has 4 rings (SSSR count). The van der Waals surface area contributed by atoms with E-state index in [1.54, 1.807) is 54.6 Å². The van der Waals surface area contributed by atoms with Crippen LogP contribution >= 0.6 is 11.6 Å². The highest BCUT2D eigenvalue weighted by Gasteiger charge is 2.36. The minimum atomic E-state index is -4.62. The number of rotatable bonds is 6. The maximum atomic E-state index is 13.4. The molecule has 0 saturated heterocycles. The smallest absolute Gasteiger partial charge is 0.416 e. The topological polar surface area (TPSA) is 68.2 Å². The largest absolute Gasteiger partial charge is 0.482 e. The zero-order valence-electron chi connectivity index (χ0n) is 18.8. The Labute approximate surface area is 209 Å². The SMILES string of the molecule is COC(=O)COc1ccc(/C=C2\N=C(c3ccccc3)N(c3cc(C(F)(F)F)ccc3Cl)C2=O)cc1. The van der Waals surface area contributed by atoms with Crippen molar-refractivity contribution in [1.82, 2.24) is 0 Å². The molecule has 1 heterocycles. The Bertz CT molecular complexity index is 1350. The van der Waals surface area contributed by atoms with Crippen LogP contribution in [-0.2, 0) is 20.5 Å². The summed E-state index contributed by atoms with van der Waals surface area (Å²) in [4.78, 5) is 30.2. The summed E-state index contributed by atoms with van der Waals surface area (Å²) in [7, 11) is 1.25. The zero-order chi connectivity index (χ0) is 25.9. The van der Waals surface area contributed by atoms with Crippen molar-refractivity contribution in [2.45, 2.75) is 6.18 Å². The first kappa shape index (κ1) is 25.0. The Morgan fingerprint density at radius 3 is 2.39 bits per heavy atom. The van der Waals surface area contributed by atoms with Gasteiger partial charge in [-0.2, -0.15) is 13.2 Å². The van der Waals surface area contributed by atoms with Gasteiger partial charge in [0, 0.05) is 5.56 Å². The van der Waals surface area contributed by atoms with Crippen LogP contribution in [0.5, 0.6) is 5.75 Å². The summed E-state index contributed by atoms with van der Waals surface area (Å²) in [5.41, 5.74) is 0.0351. The van der Waals surface area contributed by atoms with Gasteiger partial charge in [0.2, 0.25) is 0 Å². The number of hydrogen-bond donors (Lipinski definition) is 0. The molecule has 0 spiro atoms. The third-order valence-electron chi connectivity index (χ3n) is 5.17. The van der Waals surface area contributed by atoms with Crippen molar-refractivity contribution in [2.75, 3.05) is 18.6 Å². The van der Waals surface area contributed by atoms with Crippen LogP contribution < -0.4 is 9.64 Å². The van der Waals surface area contributed by atoms with Gasteiger partial charge in [-0.15, -0.1) is 0 Å². The molecule has 0 aliphatic carbocycles. The number of amides is 1. The maximum Gasteiger partial charge on any atom is 0.416 e. The van der Waals surface area contributed by atoms with Gasteiger partial charge in [0.15, 0.2) is 6.61 Å². The first-order valence-electron chi connectivity index (χ1n) is 10.5. The molecule has 0 aromatic heterocycles. The third kappa shape index (κ3) is 5.41. The average molecular weight is 515 g/mol. The predicted molar refractivity (Wildman–Crippen MR) is 129 cm³/mol. The molecule has 0 fully saturated rings. The zero-order valence-corrected chi connectivity index (χ0v) is 19.5. The molecule has 184 valence electrons. The molecule has 0 bridgehead atoms. The van der Waals surface area contributed by atoms with E-state index in [-0.39, 0.29) is 28.8 Å². The quantitative estimate of drug-likeness (QED) is 0.310. The summed E-state index contributed by atoms with van der Waals surface area (Å²) in [6.45, 7) is -0.257. The number of nitrogens with zero attached hydrogens (tertiary/aromatic N) is 2. The number of halogens is 4. The average Bonchev–Trinajstić information content (AvgIpc) is 3.19. The summed E-state index contributed by atoms with van der Waals surface area (Å²) in [6.07, 6.45) is -3.13. The number of alkyl halides is 3. The number of anilines is 1. The third-order valence-corrected chi connectivity index (χ3v) is 5.49. The molecule has 0 unspecified atom stereocenters. The molecule has 0 radical (unpaired) electrons. The van der Waals surface area contributed by atoms with Crippen LogP contribution in [0.25, 0.3) is 6.08 Å². The predicted octanol–water partition coefficient (Wildman–Crippen LogP) is 5.75. The molecule has 1 amide bonds. The van der Waals surface area contributed by atoms with E-state index in [0.717, 1.165) is 23.1 Å². The highest BCUT2D eigenvalue weighted by Crippen LogP contribution is 2.38. The van der Waals surface area contributed by atoms with E-state index in [0.29, 0.717) is 16.9 Å². The number of ether oxygens (including phenoxy) is 2. The van der Waals surface area contributed by atoms with Crippen molar-refractivity contribution in [3.63, 3.8) is 0 Å². The fourth-order valence-corrected chi connectivity index (χ4v) is 3.60. The molecule has 0 saturated carbocycles. The molecule has 6 nitrogen and oxygen atoms in total. The second kappa shape index (κ2) is 10.2. The van der Waals surface area contributed by atoms with E-state index in [1.165, 1.54) is 13.2 Å². The first-order chi connectivity index (χ1) is 17.2. The minimum absolute atomic E-state index is 0.00515. The van der Waals surface area contributed by atoms with Crippen LogP contribution in [0, 0.1) is 0 Å². The highest BCUT2D eigenvalue weighted by molar-refractivity contribution is 6.39. The minimum Gasteiger partial charge on any atom is -0.482 e. The van der Waals surface area contributed by atoms with Gasteiger partial charge in [0.05, 0.1) is 23.4 Å². The van der Waals surface area contributed by atoms with Gasteiger partial charge in [0.1, 0.15) is 17.3 Å². The van der Waals surface area contributed by atoms with Gasteiger partial charge in [0.25, 0.3) is 5.91 Å². The highest BCUT2D eigenvalue weighted by atomic mass is 35.5. The molecule has 0 N–H and O–H groups in total. The van der Waals surface area contributed by atoms with Crippen molar-refractivity contribution in [2.24, 2.45) is 4.99 Å². The lowest BCUT2D eigenvalue weighted by Gasteiger charge is -2.21. The van der Waals surface area contributed by atoms with Crippen LogP contribution in [0.1, 0.15) is 16.7 Å². The summed E-state index contributed by atoms with van der Waals surface area (Å²) in [5, 5.41) is -0.0339. The van der Waals surface area contributed by atoms with Crippen molar-refractivity contribution in [3.8, 4) is 5.75 Å². The van der Waals surface area contributed by atoms with E-state index in [9.17, 15) is 22.8 Å². The van der Waals surface area contributed by atoms with Crippen LogP contribution in [0.15, 0.2) is 83.5 Å². The lowest BCUT2D eigenvalue weighted by molar-refractivity contribution is -0.143. The number of aliphatic imine (C=N–C) groups is 1.